The number of nitrogens with two attached hydrogens (primary N) is 1. The average molecular weight is 287 g/mol. The van der Waals surface area contributed by atoms with E-state index >= 15 is 0 Å². The van der Waals surface area contributed by atoms with Crippen molar-refractivity contribution in [3.05, 3.63) is 30.3 Å². The van der Waals surface area contributed by atoms with E-state index in [1.165, 1.54) is 31.2 Å². The topological polar surface area (TPSA) is 119 Å². The van der Waals surface area contributed by atoms with Crippen molar-refractivity contribution >= 4 is 22.1 Å². The van der Waals surface area contributed by atoms with Crippen LogP contribution in [0.4, 0.5) is 9.59 Å². The van der Waals surface area contributed by atoms with Crippen LogP contribution < -0.4 is 11.2 Å². The van der Waals surface area contributed by atoms with E-state index in [1.54, 1.807) is 11.5 Å². The molecule has 0 radical (unpaired) electrons. The largest absolute Gasteiger partial charge is 0.448 e. The number of nitrogens with zero attached hydrogens (tertiary/aromatic N) is 1. The van der Waals surface area contributed by atoms with Gasteiger partial charge in [-0.05, 0) is 19.1 Å². The molecule has 0 bridgehead atoms. The normalized spacial score (nSPS) is 10.6. The monoisotopic (exact) mass is 287 g/mol. The molecule has 8 nitrogen and oxygen atoms in total. The molecule has 0 saturated heterocycles. The molecule has 3 N–H and O–H groups in total. The second-order valence-corrected chi connectivity index (χ2v) is 5.04. The molecule has 9 heteroatoms. The van der Waals surface area contributed by atoms with E-state index in [-0.39, 0.29) is 15.9 Å². The number of hydrogen-bond acceptors (Lipinski definition) is 5. The highest BCUT2D eigenvalue weighted by Gasteiger charge is 2.31. The van der Waals surface area contributed by atoms with Crippen LogP contribution >= 0.6 is 0 Å². The van der Waals surface area contributed by atoms with Crippen molar-refractivity contribution in [2.45, 2.75) is 11.8 Å². The first-order valence-electron chi connectivity index (χ1n) is 5.22. The van der Waals surface area contributed by atoms with Crippen molar-refractivity contribution in [2.24, 2.45) is 5.73 Å². The van der Waals surface area contributed by atoms with Gasteiger partial charge in [0.05, 0.1) is 11.5 Å². The molecular formula is C10H13N3O5S. The Kier molecular flexibility index (Phi) is 4.70. The first-order valence-corrected chi connectivity index (χ1v) is 6.66. The number of primary amides is 1. The van der Waals surface area contributed by atoms with E-state index in [1.807, 2.05) is 0 Å². The number of benzene rings is 1. The van der Waals surface area contributed by atoms with Crippen LogP contribution in [0.3, 0.4) is 0 Å². The Morgan fingerprint density at radius 3 is 2.37 bits per heavy atom. The second kappa shape index (κ2) is 6.05. The summed E-state index contributed by atoms with van der Waals surface area (Å²) in [5.41, 5.74) is 6.55. The Balaban J connectivity index is 3.16. The summed E-state index contributed by atoms with van der Waals surface area (Å²) >= 11 is 0. The summed E-state index contributed by atoms with van der Waals surface area (Å²) in [6.45, 7) is 1.44. The van der Waals surface area contributed by atoms with Crippen molar-refractivity contribution in [1.29, 1.82) is 0 Å². The fourth-order valence-corrected chi connectivity index (χ4v) is 2.35. The van der Waals surface area contributed by atoms with Crippen LogP contribution in [0.25, 0.3) is 0 Å². The Hall–Kier alpha value is -2.29. The lowest BCUT2D eigenvalue weighted by molar-refractivity contribution is 0.121. The lowest BCUT2D eigenvalue weighted by atomic mass is 10.4. The van der Waals surface area contributed by atoms with E-state index in [0.717, 1.165) is 0 Å². The highest BCUT2D eigenvalue weighted by Crippen LogP contribution is 2.14. The van der Waals surface area contributed by atoms with Gasteiger partial charge in [0, 0.05) is 0 Å². The molecule has 0 heterocycles. The van der Waals surface area contributed by atoms with Crippen LogP contribution in [0, 0.1) is 0 Å². The first kappa shape index (κ1) is 14.8. The highest BCUT2D eigenvalue weighted by molar-refractivity contribution is 7.89. The third-order valence-electron chi connectivity index (χ3n) is 1.93. The highest BCUT2D eigenvalue weighted by atomic mass is 32.2. The predicted molar refractivity (Wildman–Crippen MR) is 65.2 cm³/mol. The van der Waals surface area contributed by atoms with Crippen LogP contribution in [-0.2, 0) is 14.8 Å². The molecule has 104 valence electrons. The summed E-state index contributed by atoms with van der Waals surface area (Å²) in [5.74, 6) is 0. The second-order valence-electron chi connectivity index (χ2n) is 3.26. The zero-order valence-electron chi connectivity index (χ0n) is 10.1. The van der Waals surface area contributed by atoms with Gasteiger partial charge in [0.2, 0.25) is 0 Å². The van der Waals surface area contributed by atoms with E-state index < -0.39 is 22.1 Å². The van der Waals surface area contributed by atoms with Crippen molar-refractivity contribution in [3.8, 4) is 0 Å². The molecule has 0 aliphatic carbocycles. The standard InChI is InChI=1S/C10H13N3O5S/c1-2-18-10(15)13(12-9(11)14)19(16,17)8-6-4-3-5-7-8/h3-7H,2H2,1H3,(H3,11,12,14). The number of sulfonamides is 1. The molecule has 3 amide bonds. The smallest absolute Gasteiger partial charge is 0.443 e. The van der Waals surface area contributed by atoms with Crippen molar-refractivity contribution in [2.75, 3.05) is 6.61 Å². The Bertz CT molecular complexity index is 558. The third kappa shape index (κ3) is 3.58. The van der Waals surface area contributed by atoms with Crippen molar-refractivity contribution < 1.29 is 22.7 Å². The van der Waals surface area contributed by atoms with Gasteiger partial charge in [-0.3, -0.25) is 0 Å². The molecule has 0 spiro atoms. The maximum atomic E-state index is 12.1. The molecule has 19 heavy (non-hydrogen) atoms. The van der Waals surface area contributed by atoms with Gasteiger partial charge in [-0.15, -0.1) is 4.41 Å². The molecule has 0 aliphatic heterocycles. The van der Waals surface area contributed by atoms with Gasteiger partial charge in [0.15, 0.2) is 0 Å². The number of amides is 3. The molecule has 0 atom stereocenters. The molecular weight excluding hydrogens is 274 g/mol. The van der Waals surface area contributed by atoms with E-state index in [4.69, 9.17) is 5.73 Å². The summed E-state index contributed by atoms with van der Waals surface area (Å²) in [7, 11) is -4.27. The summed E-state index contributed by atoms with van der Waals surface area (Å²) in [4.78, 5) is 22.2. The fraction of sp³-hybridized carbons (Fsp3) is 0.200. The number of hydrogen-bond donors (Lipinski definition) is 2. The van der Waals surface area contributed by atoms with E-state index in [2.05, 4.69) is 4.74 Å². The average Bonchev–Trinajstić information content (AvgIpc) is 2.37. The number of nitrogens with one attached hydrogen (secondary N) is 1. The van der Waals surface area contributed by atoms with Gasteiger partial charge in [-0.25, -0.2) is 15.0 Å². The molecule has 1 aromatic carbocycles. The van der Waals surface area contributed by atoms with Gasteiger partial charge in [-0.1, -0.05) is 18.2 Å². The number of hydrazine groups is 1. The van der Waals surface area contributed by atoms with Crippen LogP contribution in [0.1, 0.15) is 6.92 Å². The van der Waals surface area contributed by atoms with Gasteiger partial charge in [-0.2, -0.15) is 8.42 Å². The Morgan fingerprint density at radius 1 is 1.32 bits per heavy atom. The van der Waals surface area contributed by atoms with Gasteiger partial charge in [0.25, 0.3) is 10.0 Å². The van der Waals surface area contributed by atoms with Crippen LogP contribution in [0.15, 0.2) is 35.2 Å². The summed E-state index contributed by atoms with van der Waals surface area (Å²) < 4.78 is 28.9. The maximum absolute atomic E-state index is 12.1. The number of ether oxygens (including phenoxy) is 1. The minimum Gasteiger partial charge on any atom is -0.448 e. The summed E-state index contributed by atoms with van der Waals surface area (Å²) in [6, 6.07) is 5.89. The quantitative estimate of drug-likeness (QED) is 0.781. The minimum absolute atomic E-state index is 0.0555. The zero-order chi connectivity index (χ0) is 14.5. The Morgan fingerprint density at radius 2 is 1.89 bits per heavy atom. The number of carbonyl (C=O) groups excluding carboxylic acids is 2. The lowest BCUT2D eigenvalue weighted by Gasteiger charge is -2.20. The Labute approximate surface area is 110 Å². The van der Waals surface area contributed by atoms with Crippen LogP contribution in [0.2, 0.25) is 0 Å². The van der Waals surface area contributed by atoms with E-state index in [9.17, 15) is 18.0 Å². The van der Waals surface area contributed by atoms with Gasteiger partial charge < -0.3 is 10.5 Å². The molecule has 0 unspecified atom stereocenters. The summed E-state index contributed by atoms with van der Waals surface area (Å²) in [6.07, 6.45) is -1.25. The van der Waals surface area contributed by atoms with Crippen LogP contribution in [-0.4, -0.2) is 31.6 Å². The zero-order valence-corrected chi connectivity index (χ0v) is 10.9. The van der Waals surface area contributed by atoms with Crippen molar-refractivity contribution in [3.63, 3.8) is 0 Å². The molecule has 0 aromatic heterocycles. The lowest BCUT2D eigenvalue weighted by Crippen LogP contribution is -2.51. The molecule has 0 fully saturated rings. The third-order valence-corrected chi connectivity index (χ3v) is 3.52. The van der Waals surface area contributed by atoms with Crippen LogP contribution in [0.5, 0.6) is 0 Å². The number of carbonyl (C=O) groups is 2. The number of urea groups is 1. The first-order chi connectivity index (χ1) is 8.89. The number of rotatable bonds is 3. The minimum atomic E-state index is -4.27. The summed E-state index contributed by atoms with van der Waals surface area (Å²) in [5, 5.41) is 0. The van der Waals surface area contributed by atoms with Gasteiger partial charge >= 0.3 is 12.1 Å². The van der Waals surface area contributed by atoms with Gasteiger partial charge in [0.1, 0.15) is 0 Å². The molecule has 1 aromatic rings. The molecule has 1 rings (SSSR count). The molecule has 0 saturated carbocycles. The fourth-order valence-electron chi connectivity index (χ4n) is 1.18. The SMILES string of the molecule is CCOC(=O)N(NC(N)=O)S(=O)(=O)c1ccccc1. The van der Waals surface area contributed by atoms with E-state index in [0.29, 0.717) is 0 Å². The maximum Gasteiger partial charge on any atom is 0.443 e. The predicted octanol–water partition coefficient (Wildman–Crippen LogP) is 0.417. The van der Waals surface area contributed by atoms with Crippen molar-refractivity contribution in [1.82, 2.24) is 9.84 Å². The molecule has 0 aliphatic rings.